The van der Waals surface area contributed by atoms with Crippen molar-refractivity contribution in [1.82, 2.24) is 19.8 Å². The molecular formula is C13H24N4. The summed E-state index contributed by atoms with van der Waals surface area (Å²) in [6.45, 7) is 4.53. The maximum absolute atomic E-state index is 4.30. The van der Waals surface area contributed by atoms with Crippen molar-refractivity contribution in [3.05, 3.63) is 18.2 Å². The maximum atomic E-state index is 4.30. The van der Waals surface area contributed by atoms with Gasteiger partial charge in [0.05, 0.1) is 6.54 Å². The average Bonchev–Trinajstić information content (AvgIpc) is 2.73. The van der Waals surface area contributed by atoms with Crippen LogP contribution in [0.1, 0.15) is 25.1 Å². The number of aryl methyl sites for hydroxylation is 1. The Kier molecular flexibility index (Phi) is 4.57. The van der Waals surface area contributed by atoms with Crippen molar-refractivity contribution in [2.75, 3.05) is 26.7 Å². The Morgan fingerprint density at radius 3 is 2.76 bits per heavy atom. The van der Waals surface area contributed by atoms with Gasteiger partial charge in [-0.3, -0.25) is 0 Å². The van der Waals surface area contributed by atoms with Crippen LogP contribution in [0.4, 0.5) is 0 Å². The van der Waals surface area contributed by atoms with Crippen molar-refractivity contribution in [3.8, 4) is 0 Å². The number of likely N-dealkylation sites (tertiary alicyclic amines) is 1. The molecule has 0 aromatic carbocycles. The van der Waals surface area contributed by atoms with E-state index in [1.165, 1.54) is 32.4 Å². The maximum Gasteiger partial charge on any atom is 0.122 e. The van der Waals surface area contributed by atoms with Crippen molar-refractivity contribution in [2.24, 2.45) is 13.0 Å². The number of rotatable bonds is 5. The summed E-state index contributed by atoms with van der Waals surface area (Å²) < 4.78 is 2.07. The Labute approximate surface area is 104 Å². The molecule has 0 bridgehead atoms. The van der Waals surface area contributed by atoms with Crippen LogP contribution >= 0.6 is 0 Å². The molecule has 0 atom stereocenters. The third kappa shape index (κ3) is 3.82. The van der Waals surface area contributed by atoms with Crippen LogP contribution in [0.25, 0.3) is 0 Å². The summed E-state index contributed by atoms with van der Waals surface area (Å²) in [6, 6.07) is 0. The minimum Gasteiger partial charge on any atom is -0.337 e. The topological polar surface area (TPSA) is 33.1 Å². The van der Waals surface area contributed by atoms with Gasteiger partial charge in [-0.15, -0.1) is 0 Å². The molecule has 4 heteroatoms. The lowest BCUT2D eigenvalue weighted by Crippen LogP contribution is -2.31. The van der Waals surface area contributed by atoms with Gasteiger partial charge in [-0.25, -0.2) is 4.98 Å². The smallest absolute Gasteiger partial charge is 0.122 e. The minimum atomic E-state index is 0.885. The van der Waals surface area contributed by atoms with Gasteiger partial charge in [-0.2, -0.15) is 0 Å². The number of nitrogens with one attached hydrogen (secondary N) is 1. The highest BCUT2D eigenvalue weighted by molar-refractivity contribution is 4.90. The highest BCUT2D eigenvalue weighted by Crippen LogP contribution is 2.18. The van der Waals surface area contributed by atoms with E-state index >= 15 is 0 Å². The number of nitrogens with zero attached hydrogens (tertiary/aromatic N) is 3. The van der Waals surface area contributed by atoms with E-state index in [0.717, 1.165) is 24.8 Å². The Hall–Kier alpha value is -0.870. The van der Waals surface area contributed by atoms with Crippen LogP contribution in [0.2, 0.25) is 0 Å². The number of aromatic nitrogens is 2. The fourth-order valence-corrected chi connectivity index (χ4v) is 2.42. The van der Waals surface area contributed by atoms with E-state index in [1.807, 2.05) is 19.4 Å². The van der Waals surface area contributed by atoms with Gasteiger partial charge in [0.25, 0.3) is 0 Å². The predicted octanol–water partition coefficient (Wildman–Crippen LogP) is 1.24. The molecule has 1 aromatic rings. The fourth-order valence-electron chi connectivity index (χ4n) is 2.42. The van der Waals surface area contributed by atoms with Gasteiger partial charge in [-0.05, 0) is 51.9 Å². The van der Waals surface area contributed by atoms with E-state index in [2.05, 4.69) is 26.8 Å². The zero-order valence-corrected chi connectivity index (χ0v) is 11.0. The second-order valence-electron chi connectivity index (χ2n) is 5.17. The molecule has 17 heavy (non-hydrogen) atoms. The molecule has 0 saturated carbocycles. The molecule has 0 unspecified atom stereocenters. The summed E-state index contributed by atoms with van der Waals surface area (Å²) in [6.07, 6.45) is 7.88. The van der Waals surface area contributed by atoms with E-state index in [1.54, 1.807) is 0 Å². The molecule has 0 radical (unpaired) electrons. The van der Waals surface area contributed by atoms with Crippen LogP contribution in [0.5, 0.6) is 0 Å². The highest BCUT2D eigenvalue weighted by atomic mass is 15.1. The quantitative estimate of drug-likeness (QED) is 0.781. The normalized spacial score (nSPS) is 18.7. The average molecular weight is 236 g/mol. The Morgan fingerprint density at radius 2 is 2.12 bits per heavy atom. The third-order valence-electron chi connectivity index (χ3n) is 3.77. The van der Waals surface area contributed by atoms with Crippen LogP contribution in [-0.2, 0) is 13.6 Å². The van der Waals surface area contributed by atoms with Crippen LogP contribution < -0.4 is 5.32 Å². The Bertz CT molecular complexity index is 326. The largest absolute Gasteiger partial charge is 0.337 e. The summed E-state index contributed by atoms with van der Waals surface area (Å²) in [7, 11) is 4.26. The lowest BCUT2D eigenvalue weighted by atomic mass is 9.94. The molecule has 0 amide bonds. The van der Waals surface area contributed by atoms with Gasteiger partial charge in [0.1, 0.15) is 5.82 Å². The molecule has 2 rings (SSSR count). The number of piperidine rings is 1. The summed E-state index contributed by atoms with van der Waals surface area (Å²) in [4.78, 5) is 6.73. The minimum absolute atomic E-state index is 0.885. The molecule has 1 fully saturated rings. The van der Waals surface area contributed by atoms with Gasteiger partial charge in [0, 0.05) is 19.4 Å². The number of imidazole rings is 1. The van der Waals surface area contributed by atoms with Crippen molar-refractivity contribution in [2.45, 2.75) is 25.8 Å². The molecule has 2 heterocycles. The molecule has 0 aliphatic carbocycles. The highest BCUT2D eigenvalue weighted by Gasteiger charge is 2.15. The first-order chi connectivity index (χ1) is 8.25. The van der Waals surface area contributed by atoms with Gasteiger partial charge in [-0.1, -0.05) is 0 Å². The van der Waals surface area contributed by atoms with Gasteiger partial charge in [0.15, 0.2) is 0 Å². The SMILES string of the molecule is CN1CCC(CCNCc2nccn2C)CC1. The monoisotopic (exact) mass is 236 g/mol. The van der Waals surface area contributed by atoms with Crippen molar-refractivity contribution < 1.29 is 0 Å². The van der Waals surface area contributed by atoms with E-state index in [-0.39, 0.29) is 0 Å². The molecule has 1 N–H and O–H groups in total. The van der Waals surface area contributed by atoms with Crippen LogP contribution in [-0.4, -0.2) is 41.1 Å². The molecule has 1 aliphatic heterocycles. The summed E-state index contributed by atoms with van der Waals surface area (Å²) in [5, 5.41) is 3.49. The summed E-state index contributed by atoms with van der Waals surface area (Å²) >= 11 is 0. The predicted molar refractivity (Wildman–Crippen MR) is 69.8 cm³/mol. The first kappa shape index (κ1) is 12.6. The lowest BCUT2D eigenvalue weighted by Gasteiger charge is -2.28. The molecular weight excluding hydrogens is 212 g/mol. The molecule has 4 nitrogen and oxygen atoms in total. The number of hydrogen-bond acceptors (Lipinski definition) is 3. The Balaban J connectivity index is 1.59. The van der Waals surface area contributed by atoms with E-state index < -0.39 is 0 Å². The van der Waals surface area contributed by atoms with E-state index in [9.17, 15) is 0 Å². The van der Waals surface area contributed by atoms with Gasteiger partial charge < -0.3 is 14.8 Å². The van der Waals surface area contributed by atoms with Gasteiger partial charge >= 0.3 is 0 Å². The van der Waals surface area contributed by atoms with E-state index in [0.29, 0.717) is 0 Å². The summed E-state index contributed by atoms with van der Waals surface area (Å²) in [5.41, 5.74) is 0. The van der Waals surface area contributed by atoms with Crippen LogP contribution in [0.15, 0.2) is 12.4 Å². The summed E-state index contributed by atoms with van der Waals surface area (Å²) in [5.74, 6) is 2.04. The number of hydrogen-bond donors (Lipinski definition) is 1. The first-order valence-corrected chi connectivity index (χ1v) is 6.61. The molecule has 96 valence electrons. The molecule has 1 saturated heterocycles. The van der Waals surface area contributed by atoms with Crippen molar-refractivity contribution in [1.29, 1.82) is 0 Å². The lowest BCUT2D eigenvalue weighted by molar-refractivity contribution is 0.211. The van der Waals surface area contributed by atoms with Crippen molar-refractivity contribution >= 4 is 0 Å². The van der Waals surface area contributed by atoms with Gasteiger partial charge in [0.2, 0.25) is 0 Å². The third-order valence-corrected chi connectivity index (χ3v) is 3.77. The zero-order chi connectivity index (χ0) is 12.1. The first-order valence-electron chi connectivity index (χ1n) is 6.61. The van der Waals surface area contributed by atoms with E-state index in [4.69, 9.17) is 0 Å². The fraction of sp³-hybridized carbons (Fsp3) is 0.769. The molecule has 1 aliphatic rings. The zero-order valence-electron chi connectivity index (χ0n) is 11.0. The van der Waals surface area contributed by atoms with Crippen molar-refractivity contribution in [3.63, 3.8) is 0 Å². The second-order valence-corrected chi connectivity index (χ2v) is 5.17. The van der Waals surface area contributed by atoms with Crippen LogP contribution in [0.3, 0.4) is 0 Å². The Morgan fingerprint density at radius 1 is 1.35 bits per heavy atom. The molecule has 0 spiro atoms. The standard InChI is InChI=1S/C13H24N4/c1-16-8-4-12(5-9-16)3-6-14-11-13-15-7-10-17(13)2/h7,10,12,14H,3-6,8-9,11H2,1-2H3. The molecule has 1 aromatic heterocycles. The van der Waals surface area contributed by atoms with Crippen LogP contribution in [0, 0.1) is 5.92 Å². The second kappa shape index (κ2) is 6.17.